The average Bonchev–Trinajstić information content (AvgIpc) is 2.42. The van der Waals surface area contributed by atoms with Gasteiger partial charge in [-0.3, -0.25) is 0 Å². The molecule has 2 aromatic carbocycles. The predicted molar refractivity (Wildman–Crippen MR) is 69.8 cm³/mol. The topological polar surface area (TPSA) is 35.8 Å². The molecule has 0 bridgehead atoms. The molecule has 1 N–H and O–H groups in total. The van der Waals surface area contributed by atoms with Crippen LogP contribution in [0.1, 0.15) is 11.1 Å². The van der Waals surface area contributed by atoms with Crippen LogP contribution in [0.25, 0.3) is 0 Å². The first-order valence-corrected chi connectivity index (χ1v) is 5.77. The van der Waals surface area contributed by atoms with Crippen molar-refractivity contribution in [3.63, 3.8) is 0 Å². The zero-order valence-electron chi connectivity index (χ0n) is 9.86. The van der Waals surface area contributed by atoms with Crippen molar-refractivity contribution in [3.8, 4) is 6.07 Å². The van der Waals surface area contributed by atoms with Crippen molar-refractivity contribution in [3.05, 3.63) is 65.5 Å². The van der Waals surface area contributed by atoms with Crippen LogP contribution in [0.15, 0.2) is 48.5 Å². The maximum Gasteiger partial charge on any atom is 0.126 e. The van der Waals surface area contributed by atoms with Gasteiger partial charge in [0.25, 0.3) is 0 Å². The Kier molecular flexibility index (Phi) is 3.93. The summed E-state index contributed by atoms with van der Waals surface area (Å²) in [4.78, 5) is 0. The number of anilines is 1. The van der Waals surface area contributed by atoms with Crippen LogP contribution in [0.2, 0.25) is 0 Å². The molecule has 2 rings (SSSR count). The van der Waals surface area contributed by atoms with E-state index in [1.807, 2.05) is 18.2 Å². The smallest absolute Gasteiger partial charge is 0.126 e. The highest BCUT2D eigenvalue weighted by molar-refractivity contribution is 5.47. The summed E-state index contributed by atoms with van der Waals surface area (Å²) in [7, 11) is 0. The first-order valence-electron chi connectivity index (χ1n) is 5.77. The summed E-state index contributed by atoms with van der Waals surface area (Å²) >= 11 is 0. The summed E-state index contributed by atoms with van der Waals surface area (Å²) in [5.41, 5.74) is 2.28. The van der Waals surface area contributed by atoms with Gasteiger partial charge in [0.15, 0.2) is 0 Å². The van der Waals surface area contributed by atoms with Crippen molar-refractivity contribution in [2.75, 3.05) is 11.9 Å². The van der Waals surface area contributed by atoms with Crippen molar-refractivity contribution in [2.24, 2.45) is 0 Å². The molecule has 0 spiro atoms. The average molecular weight is 240 g/mol. The maximum atomic E-state index is 13.4. The summed E-state index contributed by atoms with van der Waals surface area (Å²) in [5.74, 6) is -0.167. The van der Waals surface area contributed by atoms with E-state index in [4.69, 9.17) is 5.26 Å². The van der Waals surface area contributed by atoms with Crippen LogP contribution in [0.3, 0.4) is 0 Å². The van der Waals surface area contributed by atoms with E-state index in [2.05, 4.69) is 11.4 Å². The molecule has 0 fully saturated rings. The van der Waals surface area contributed by atoms with Crippen LogP contribution in [0.5, 0.6) is 0 Å². The summed E-state index contributed by atoms with van der Waals surface area (Å²) in [5, 5.41) is 11.9. The number of nitrogens with one attached hydrogen (secondary N) is 1. The van der Waals surface area contributed by atoms with Gasteiger partial charge in [0.05, 0.1) is 11.6 Å². The Labute approximate surface area is 106 Å². The summed E-state index contributed by atoms with van der Waals surface area (Å²) < 4.78 is 13.4. The number of hydrogen-bond donors (Lipinski definition) is 1. The Morgan fingerprint density at radius 3 is 2.44 bits per heavy atom. The molecule has 0 amide bonds. The normalized spacial score (nSPS) is 9.78. The van der Waals surface area contributed by atoms with Gasteiger partial charge in [-0.25, -0.2) is 4.39 Å². The lowest BCUT2D eigenvalue weighted by Gasteiger charge is -2.07. The van der Waals surface area contributed by atoms with Crippen LogP contribution in [-0.2, 0) is 6.42 Å². The quantitative estimate of drug-likeness (QED) is 0.889. The van der Waals surface area contributed by atoms with Crippen molar-refractivity contribution < 1.29 is 4.39 Å². The Balaban J connectivity index is 1.89. The van der Waals surface area contributed by atoms with Crippen molar-refractivity contribution in [1.29, 1.82) is 5.26 Å². The van der Waals surface area contributed by atoms with Crippen LogP contribution in [0.4, 0.5) is 10.1 Å². The number of hydrogen-bond acceptors (Lipinski definition) is 2. The molecule has 90 valence electrons. The van der Waals surface area contributed by atoms with Gasteiger partial charge < -0.3 is 5.32 Å². The van der Waals surface area contributed by atoms with E-state index < -0.39 is 0 Å². The van der Waals surface area contributed by atoms with Crippen LogP contribution in [0, 0.1) is 17.1 Å². The summed E-state index contributed by atoms with van der Waals surface area (Å²) in [6, 6.07) is 16.0. The van der Waals surface area contributed by atoms with E-state index in [9.17, 15) is 4.39 Å². The fraction of sp³-hybridized carbons (Fsp3) is 0.133. The van der Waals surface area contributed by atoms with E-state index in [-0.39, 0.29) is 5.82 Å². The fourth-order valence-electron chi connectivity index (χ4n) is 1.71. The van der Waals surface area contributed by atoms with Crippen molar-refractivity contribution >= 4 is 5.69 Å². The summed E-state index contributed by atoms with van der Waals surface area (Å²) in [6.45, 7) is 0.660. The number of benzene rings is 2. The first-order chi connectivity index (χ1) is 8.79. The molecule has 0 radical (unpaired) electrons. The minimum Gasteiger partial charge on any atom is -0.385 e. The second-order valence-corrected chi connectivity index (χ2v) is 3.96. The second-order valence-electron chi connectivity index (χ2n) is 3.96. The highest BCUT2D eigenvalue weighted by Crippen LogP contribution is 2.10. The molecule has 3 heteroatoms. The van der Waals surface area contributed by atoms with Crippen LogP contribution < -0.4 is 5.32 Å². The van der Waals surface area contributed by atoms with E-state index in [1.165, 1.54) is 6.07 Å². The van der Waals surface area contributed by atoms with Gasteiger partial charge in [0.2, 0.25) is 0 Å². The zero-order valence-corrected chi connectivity index (χ0v) is 9.86. The van der Waals surface area contributed by atoms with E-state index in [0.717, 1.165) is 5.69 Å². The van der Waals surface area contributed by atoms with Gasteiger partial charge in [-0.15, -0.1) is 0 Å². The Morgan fingerprint density at radius 1 is 1.06 bits per heavy atom. The second kappa shape index (κ2) is 5.83. The molecular weight excluding hydrogens is 227 g/mol. The van der Waals surface area contributed by atoms with Crippen LogP contribution in [-0.4, -0.2) is 6.54 Å². The highest BCUT2D eigenvalue weighted by Gasteiger charge is 2.00. The number of rotatable bonds is 4. The van der Waals surface area contributed by atoms with Gasteiger partial charge in [-0.1, -0.05) is 18.2 Å². The fourth-order valence-corrected chi connectivity index (χ4v) is 1.71. The maximum absolute atomic E-state index is 13.4. The molecule has 0 aliphatic rings. The number of nitriles is 1. The third-order valence-electron chi connectivity index (χ3n) is 2.70. The lowest BCUT2D eigenvalue weighted by Crippen LogP contribution is -2.05. The molecule has 2 aromatic rings. The molecule has 18 heavy (non-hydrogen) atoms. The van der Waals surface area contributed by atoms with Gasteiger partial charge in [-0.2, -0.15) is 5.26 Å². The predicted octanol–water partition coefficient (Wildman–Crippen LogP) is 3.35. The zero-order chi connectivity index (χ0) is 12.8. The molecule has 0 atom stereocenters. The molecule has 0 aromatic heterocycles. The van der Waals surface area contributed by atoms with Gasteiger partial charge in [0, 0.05) is 12.2 Å². The molecule has 0 aliphatic carbocycles. The lowest BCUT2D eigenvalue weighted by atomic mass is 10.1. The largest absolute Gasteiger partial charge is 0.385 e. The lowest BCUT2D eigenvalue weighted by molar-refractivity contribution is 0.610. The third kappa shape index (κ3) is 3.08. The molecule has 0 saturated heterocycles. The standard InChI is InChI=1S/C15H13FN2/c16-15-4-2-1-3-13(15)9-10-18-14-7-5-12(11-17)6-8-14/h1-8,18H,9-10H2. The minimum atomic E-state index is -0.167. The SMILES string of the molecule is N#Cc1ccc(NCCc2ccccc2F)cc1. The van der Waals surface area contributed by atoms with Gasteiger partial charge in [-0.05, 0) is 42.3 Å². The van der Waals surface area contributed by atoms with Crippen LogP contribution >= 0.6 is 0 Å². The molecule has 0 unspecified atom stereocenters. The monoisotopic (exact) mass is 240 g/mol. The van der Waals surface area contributed by atoms with E-state index in [1.54, 1.807) is 24.3 Å². The Morgan fingerprint density at radius 2 is 1.78 bits per heavy atom. The molecule has 2 nitrogen and oxygen atoms in total. The molecule has 0 aliphatic heterocycles. The highest BCUT2D eigenvalue weighted by atomic mass is 19.1. The Bertz CT molecular complexity index is 555. The Hall–Kier alpha value is -2.34. The van der Waals surface area contributed by atoms with Gasteiger partial charge >= 0.3 is 0 Å². The number of halogens is 1. The molecular formula is C15H13FN2. The first kappa shape index (κ1) is 12.1. The van der Waals surface area contributed by atoms with Crippen molar-refractivity contribution in [2.45, 2.75) is 6.42 Å². The van der Waals surface area contributed by atoms with E-state index >= 15 is 0 Å². The minimum absolute atomic E-state index is 0.167. The third-order valence-corrected chi connectivity index (χ3v) is 2.70. The number of nitrogens with zero attached hydrogens (tertiary/aromatic N) is 1. The molecule has 0 heterocycles. The van der Waals surface area contributed by atoms with Gasteiger partial charge in [0.1, 0.15) is 5.82 Å². The van der Waals surface area contributed by atoms with Crippen molar-refractivity contribution in [1.82, 2.24) is 0 Å². The van der Waals surface area contributed by atoms with E-state index in [0.29, 0.717) is 24.1 Å². The summed E-state index contributed by atoms with van der Waals surface area (Å²) in [6.07, 6.45) is 0.632. The molecule has 0 saturated carbocycles.